The summed E-state index contributed by atoms with van der Waals surface area (Å²) in [5, 5.41) is 10.6. The first-order chi connectivity index (χ1) is 8.33. The lowest BCUT2D eigenvalue weighted by Gasteiger charge is -2.27. The van der Waals surface area contributed by atoms with Crippen molar-refractivity contribution in [2.75, 3.05) is 0 Å². The van der Waals surface area contributed by atoms with Gasteiger partial charge in [0.15, 0.2) is 0 Å². The first-order valence-electron chi connectivity index (χ1n) is 6.39. The lowest BCUT2D eigenvalue weighted by Crippen LogP contribution is -2.24. The van der Waals surface area contributed by atoms with Crippen LogP contribution in [0.15, 0.2) is 49.6 Å². The molecule has 0 saturated carbocycles. The third kappa shape index (κ3) is 3.33. The summed E-state index contributed by atoms with van der Waals surface area (Å²) in [6.07, 6.45) is 4.57. The van der Waals surface area contributed by atoms with Crippen molar-refractivity contribution < 1.29 is 5.11 Å². The number of benzene rings is 1. The van der Waals surface area contributed by atoms with Crippen molar-refractivity contribution in [1.82, 2.24) is 0 Å². The van der Waals surface area contributed by atoms with Crippen molar-refractivity contribution in [1.29, 1.82) is 0 Å². The molecule has 18 heavy (non-hydrogen) atoms. The van der Waals surface area contributed by atoms with E-state index in [9.17, 15) is 5.11 Å². The summed E-state index contributed by atoms with van der Waals surface area (Å²) >= 11 is 0. The van der Waals surface area contributed by atoms with Crippen LogP contribution in [-0.4, -0.2) is 5.11 Å². The van der Waals surface area contributed by atoms with E-state index < -0.39 is 5.60 Å². The minimum absolute atomic E-state index is 0.132. The molecule has 0 unspecified atom stereocenters. The maximum atomic E-state index is 10.6. The summed E-state index contributed by atoms with van der Waals surface area (Å²) in [5.41, 5.74) is 1.45. The molecule has 1 nitrogen and oxygen atoms in total. The van der Waals surface area contributed by atoms with E-state index in [1.165, 1.54) is 5.56 Å². The van der Waals surface area contributed by atoms with Gasteiger partial charge in [-0.2, -0.15) is 0 Å². The van der Waals surface area contributed by atoms with E-state index in [2.05, 4.69) is 46.1 Å². The average Bonchev–Trinajstić information content (AvgIpc) is 2.29. The lowest BCUT2D eigenvalue weighted by molar-refractivity contribution is 0.0429. The van der Waals surface area contributed by atoms with Gasteiger partial charge in [0.2, 0.25) is 0 Å². The Morgan fingerprint density at radius 1 is 0.944 bits per heavy atom. The van der Waals surface area contributed by atoms with Gasteiger partial charge in [0, 0.05) is 0 Å². The fraction of sp³-hybridized carbons (Fsp3) is 0.412. The van der Waals surface area contributed by atoms with Crippen LogP contribution < -0.4 is 0 Å². The molecule has 0 radical (unpaired) electrons. The predicted octanol–water partition coefficient (Wildman–Crippen LogP) is 4.32. The van der Waals surface area contributed by atoms with E-state index >= 15 is 0 Å². The van der Waals surface area contributed by atoms with E-state index in [-0.39, 0.29) is 5.41 Å². The monoisotopic (exact) mass is 244 g/mol. The van der Waals surface area contributed by atoms with Crippen LogP contribution >= 0.6 is 0 Å². The molecule has 0 bridgehead atoms. The van der Waals surface area contributed by atoms with Crippen LogP contribution in [0.1, 0.15) is 44.7 Å². The van der Waals surface area contributed by atoms with Gasteiger partial charge in [-0.05, 0) is 29.4 Å². The van der Waals surface area contributed by atoms with Crippen molar-refractivity contribution >= 4 is 0 Å². The fourth-order valence-electron chi connectivity index (χ4n) is 2.08. The van der Waals surface area contributed by atoms with Gasteiger partial charge in [0.05, 0.1) is 5.60 Å². The fourth-order valence-corrected chi connectivity index (χ4v) is 2.08. The zero-order valence-corrected chi connectivity index (χ0v) is 11.7. The molecule has 98 valence electrons. The van der Waals surface area contributed by atoms with Gasteiger partial charge in [0.25, 0.3) is 0 Å². The van der Waals surface area contributed by atoms with Gasteiger partial charge < -0.3 is 5.11 Å². The van der Waals surface area contributed by atoms with Gasteiger partial charge in [-0.25, -0.2) is 0 Å². The van der Waals surface area contributed by atoms with Crippen LogP contribution in [0.3, 0.4) is 0 Å². The van der Waals surface area contributed by atoms with Crippen molar-refractivity contribution in [3.05, 3.63) is 60.7 Å². The Kier molecular flexibility index (Phi) is 4.53. The molecule has 0 aromatic heterocycles. The number of hydrogen-bond acceptors (Lipinski definition) is 1. The van der Waals surface area contributed by atoms with Crippen LogP contribution in [0.5, 0.6) is 0 Å². The van der Waals surface area contributed by atoms with E-state index in [0.29, 0.717) is 12.8 Å². The number of hydrogen-bond donors (Lipinski definition) is 1. The topological polar surface area (TPSA) is 20.2 Å². The molecule has 1 aromatic rings. The molecule has 1 rings (SSSR count). The molecule has 1 N–H and O–H groups in total. The standard InChI is InChI=1S/C17H24O/c1-6-12-17(18,13-7-2)15-10-8-14(9-11-15)16(3,4)5/h6-11,18H,1-2,12-13H2,3-5H3. The van der Waals surface area contributed by atoms with Gasteiger partial charge in [-0.1, -0.05) is 57.2 Å². The van der Waals surface area contributed by atoms with E-state index in [1.54, 1.807) is 12.2 Å². The van der Waals surface area contributed by atoms with Crippen molar-refractivity contribution in [2.45, 2.75) is 44.6 Å². The summed E-state index contributed by atoms with van der Waals surface area (Å²) < 4.78 is 0. The first-order valence-corrected chi connectivity index (χ1v) is 6.39. The van der Waals surface area contributed by atoms with Gasteiger partial charge in [-0.3, -0.25) is 0 Å². The second-order valence-corrected chi connectivity index (χ2v) is 5.84. The predicted molar refractivity (Wildman–Crippen MR) is 78.7 cm³/mol. The summed E-state index contributed by atoms with van der Waals surface area (Å²) in [6, 6.07) is 8.19. The largest absolute Gasteiger partial charge is 0.385 e. The summed E-state index contributed by atoms with van der Waals surface area (Å²) in [4.78, 5) is 0. The Morgan fingerprint density at radius 3 is 1.67 bits per heavy atom. The molecule has 1 heteroatoms. The number of rotatable bonds is 5. The van der Waals surface area contributed by atoms with Gasteiger partial charge in [-0.15, -0.1) is 13.2 Å². The van der Waals surface area contributed by atoms with E-state index in [1.807, 2.05) is 12.1 Å². The second-order valence-electron chi connectivity index (χ2n) is 5.84. The smallest absolute Gasteiger partial charge is 0.0964 e. The molecule has 1 aromatic carbocycles. The third-order valence-corrected chi connectivity index (χ3v) is 3.25. The van der Waals surface area contributed by atoms with Gasteiger partial charge in [0.1, 0.15) is 0 Å². The zero-order valence-electron chi connectivity index (χ0n) is 11.7. The molecule has 0 amide bonds. The van der Waals surface area contributed by atoms with Crippen LogP contribution in [0, 0.1) is 0 Å². The highest BCUT2D eigenvalue weighted by Crippen LogP contribution is 2.31. The average molecular weight is 244 g/mol. The summed E-state index contributed by atoms with van der Waals surface area (Å²) in [7, 11) is 0. The Balaban J connectivity index is 3.08. The molecule has 0 saturated heterocycles. The Hall–Kier alpha value is -1.34. The Bertz CT molecular complexity index is 396. The van der Waals surface area contributed by atoms with Crippen molar-refractivity contribution in [2.24, 2.45) is 0 Å². The molecule has 0 aliphatic carbocycles. The van der Waals surface area contributed by atoms with E-state index in [4.69, 9.17) is 0 Å². The zero-order chi connectivity index (χ0) is 13.8. The molecule has 0 aliphatic heterocycles. The summed E-state index contributed by atoms with van der Waals surface area (Å²) in [6.45, 7) is 14.0. The molecule has 0 spiro atoms. The maximum absolute atomic E-state index is 10.6. The minimum atomic E-state index is -0.875. The second kappa shape index (κ2) is 5.53. The quantitative estimate of drug-likeness (QED) is 0.765. The van der Waals surface area contributed by atoms with Gasteiger partial charge >= 0.3 is 0 Å². The Labute approximate surface area is 111 Å². The lowest BCUT2D eigenvalue weighted by atomic mass is 9.83. The van der Waals surface area contributed by atoms with Crippen LogP contribution in [0.25, 0.3) is 0 Å². The number of aliphatic hydroxyl groups is 1. The van der Waals surface area contributed by atoms with Crippen molar-refractivity contribution in [3.63, 3.8) is 0 Å². The highest BCUT2D eigenvalue weighted by Gasteiger charge is 2.26. The molecule has 0 fully saturated rings. The first kappa shape index (κ1) is 14.7. The highest BCUT2D eigenvalue weighted by atomic mass is 16.3. The van der Waals surface area contributed by atoms with E-state index in [0.717, 1.165) is 5.56 Å². The SMILES string of the molecule is C=CCC(O)(CC=C)c1ccc(C(C)(C)C)cc1. The molecular formula is C17H24O. The maximum Gasteiger partial charge on any atom is 0.0964 e. The van der Waals surface area contributed by atoms with Crippen LogP contribution in [-0.2, 0) is 11.0 Å². The molecular weight excluding hydrogens is 220 g/mol. The minimum Gasteiger partial charge on any atom is -0.385 e. The summed E-state index contributed by atoms with van der Waals surface area (Å²) in [5.74, 6) is 0. The molecule has 0 atom stereocenters. The van der Waals surface area contributed by atoms with Crippen molar-refractivity contribution in [3.8, 4) is 0 Å². The highest BCUT2D eigenvalue weighted by molar-refractivity contribution is 5.31. The van der Waals surface area contributed by atoms with Crippen LogP contribution in [0.2, 0.25) is 0 Å². The Morgan fingerprint density at radius 2 is 1.33 bits per heavy atom. The third-order valence-electron chi connectivity index (χ3n) is 3.25. The molecule has 0 aliphatic rings. The van der Waals surface area contributed by atoms with Crippen LogP contribution in [0.4, 0.5) is 0 Å². The normalized spacial score (nSPS) is 12.2. The molecule has 0 heterocycles.